The molecule has 0 atom stereocenters. The van der Waals surface area contributed by atoms with Crippen molar-refractivity contribution in [3.05, 3.63) is 0 Å². The van der Waals surface area contributed by atoms with E-state index in [1.165, 1.54) is 0 Å². The maximum atomic E-state index is 12.7. The van der Waals surface area contributed by atoms with Crippen LogP contribution in [-0.4, -0.2) is 32.7 Å². The molecule has 0 aromatic rings. The minimum absolute atomic E-state index is 0.00424. The van der Waals surface area contributed by atoms with E-state index >= 15 is 0 Å². The predicted molar refractivity (Wildman–Crippen MR) is 86.0 cm³/mol. The minimum Gasteiger partial charge on any atom is -0.392 e. The molecular weight excluding hydrogens is 292 g/mol. The average Bonchev–Trinajstić information content (AvgIpc) is 2.68. The average molecular weight is 316 g/mol. The monoisotopic (exact) mass is 316 g/mol. The van der Waals surface area contributed by atoms with E-state index in [4.69, 9.17) is 18.0 Å². The van der Waals surface area contributed by atoms with Gasteiger partial charge in [-0.05, 0) is 25.7 Å². The Bertz CT molecular complexity index is 394. The SMILES string of the molecule is NC(=S)C1(C(=O)NC2CCS(=O)CC2)CCCCCC1. The molecule has 4 nitrogen and oxygen atoms in total. The Morgan fingerprint density at radius 1 is 1.15 bits per heavy atom. The van der Waals surface area contributed by atoms with Gasteiger partial charge in [-0.1, -0.05) is 37.9 Å². The maximum absolute atomic E-state index is 12.7. The number of hydrogen-bond acceptors (Lipinski definition) is 3. The Morgan fingerprint density at radius 3 is 2.20 bits per heavy atom. The summed E-state index contributed by atoms with van der Waals surface area (Å²) in [5, 5.41) is 3.12. The van der Waals surface area contributed by atoms with Crippen molar-refractivity contribution in [2.24, 2.45) is 11.1 Å². The van der Waals surface area contributed by atoms with Crippen LogP contribution < -0.4 is 11.1 Å². The second kappa shape index (κ2) is 6.98. The Kier molecular flexibility index (Phi) is 5.55. The van der Waals surface area contributed by atoms with Crippen molar-refractivity contribution in [3.63, 3.8) is 0 Å². The van der Waals surface area contributed by atoms with Crippen LogP contribution in [0.3, 0.4) is 0 Å². The second-order valence-corrected chi connectivity index (χ2v) is 8.09. The maximum Gasteiger partial charge on any atom is 0.233 e. The van der Waals surface area contributed by atoms with E-state index in [2.05, 4.69) is 5.32 Å². The van der Waals surface area contributed by atoms with Crippen molar-refractivity contribution in [1.82, 2.24) is 5.32 Å². The Hall–Kier alpha value is -0.490. The lowest BCUT2D eigenvalue weighted by Gasteiger charge is -2.33. The van der Waals surface area contributed by atoms with Gasteiger partial charge in [-0.25, -0.2) is 0 Å². The molecule has 3 N–H and O–H groups in total. The van der Waals surface area contributed by atoms with Gasteiger partial charge < -0.3 is 11.1 Å². The van der Waals surface area contributed by atoms with Crippen LogP contribution in [0.5, 0.6) is 0 Å². The minimum atomic E-state index is -0.704. The Balaban J connectivity index is 2.03. The molecule has 114 valence electrons. The molecule has 0 radical (unpaired) electrons. The van der Waals surface area contributed by atoms with Gasteiger partial charge in [-0.15, -0.1) is 0 Å². The summed E-state index contributed by atoms with van der Waals surface area (Å²) >= 11 is 5.22. The lowest BCUT2D eigenvalue weighted by Crippen LogP contribution is -2.52. The van der Waals surface area contributed by atoms with E-state index in [0.29, 0.717) is 16.5 Å². The normalized spacial score (nSPS) is 30.2. The Morgan fingerprint density at radius 2 is 1.70 bits per heavy atom. The molecule has 0 unspecified atom stereocenters. The first-order valence-electron chi connectivity index (χ1n) is 7.50. The number of nitrogens with two attached hydrogens (primary N) is 1. The Labute approximate surface area is 128 Å². The molecule has 1 heterocycles. The molecule has 0 aromatic heterocycles. The molecule has 1 aliphatic heterocycles. The molecule has 0 spiro atoms. The number of thiocarbonyl (C=S) groups is 1. The fraction of sp³-hybridized carbons (Fsp3) is 0.857. The highest BCUT2D eigenvalue weighted by atomic mass is 32.2. The van der Waals surface area contributed by atoms with E-state index in [1.54, 1.807) is 0 Å². The topological polar surface area (TPSA) is 72.2 Å². The van der Waals surface area contributed by atoms with Crippen LogP contribution in [0.2, 0.25) is 0 Å². The number of rotatable bonds is 3. The van der Waals surface area contributed by atoms with Gasteiger partial charge in [-0.2, -0.15) is 0 Å². The van der Waals surface area contributed by atoms with Crippen molar-refractivity contribution in [2.75, 3.05) is 11.5 Å². The van der Waals surface area contributed by atoms with Gasteiger partial charge in [0, 0.05) is 28.3 Å². The van der Waals surface area contributed by atoms with Crippen LogP contribution in [0.15, 0.2) is 0 Å². The number of carbonyl (C=O) groups is 1. The molecule has 2 fully saturated rings. The van der Waals surface area contributed by atoms with Gasteiger partial charge >= 0.3 is 0 Å². The smallest absolute Gasteiger partial charge is 0.233 e. The molecule has 0 bridgehead atoms. The van der Waals surface area contributed by atoms with Crippen molar-refractivity contribution in [1.29, 1.82) is 0 Å². The predicted octanol–water partition coefficient (Wildman–Crippen LogP) is 1.64. The molecule has 1 amide bonds. The summed E-state index contributed by atoms with van der Waals surface area (Å²) in [5.74, 6) is 1.38. The summed E-state index contributed by atoms with van der Waals surface area (Å²) in [5.41, 5.74) is 5.27. The van der Waals surface area contributed by atoms with Crippen LogP contribution in [0.1, 0.15) is 51.4 Å². The summed E-state index contributed by atoms with van der Waals surface area (Å²) in [6.07, 6.45) is 7.47. The fourth-order valence-corrected chi connectivity index (χ4v) is 4.77. The number of hydrogen-bond donors (Lipinski definition) is 2. The third-order valence-electron chi connectivity index (χ3n) is 4.59. The van der Waals surface area contributed by atoms with Gasteiger partial charge in [0.15, 0.2) is 0 Å². The first-order chi connectivity index (χ1) is 9.54. The highest BCUT2D eigenvalue weighted by Gasteiger charge is 2.42. The third kappa shape index (κ3) is 3.58. The quantitative estimate of drug-likeness (QED) is 0.613. The van der Waals surface area contributed by atoms with Crippen LogP contribution in [0, 0.1) is 5.41 Å². The standard InChI is InChI=1S/C14H24N2O2S2/c15-12(19)14(7-3-1-2-4-8-14)13(17)16-11-5-9-20(18)10-6-11/h11H,1-10H2,(H2,15,19)(H,16,17). The first-order valence-corrected chi connectivity index (χ1v) is 9.40. The van der Waals surface area contributed by atoms with Crippen molar-refractivity contribution in [2.45, 2.75) is 57.4 Å². The van der Waals surface area contributed by atoms with E-state index in [-0.39, 0.29) is 11.9 Å². The van der Waals surface area contributed by atoms with E-state index in [1.807, 2.05) is 0 Å². The fourth-order valence-electron chi connectivity index (χ4n) is 3.18. The zero-order valence-corrected chi connectivity index (χ0v) is 13.5. The molecule has 1 saturated heterocycles. The number of nitrogens with one attached hydrogen (secondary N) is 1. The highest BCUT2D eigenvalue weighted by molar-refractivity contribution is 7.85. The van der Waals surface area contributed by atoms with Crippen LogP contribution >= 0.6 is 12.2 Å². The van der Waals surface area contributed by atoms with E-state index in [9.17, 15) is 9.00 Å². The van der Waals surface area contributed by atoms with Crippen LogP contribution in [0.25, 0.3) is 0 Å². The van der Waals surface area contributed by atoms with Crippen LogP contribution in [0.4, 0.5) is 0 Å². The second-order valence-electron chi connectivity index (χ2n) is 5.96. The molecule has 6 heteroatoms. The molecule has 2 aliphatic rings. The van der Waals surface area contributed by atoms with E-state index < -0.39 is 16.2 Å². The molecule has 0 aromatic carbocycles. The first kappa shape index (κ1) is 15.9. The zero-order chi connectivity index (χ0) is 14.6. The van der Waals surface area contributed by atoms with Crippen molar-refractivity contribution in [3.8, 4) is 0 Å². The number of amides is 1. The lowest BCUT2D eigenvalue weighted by molar-refractivity contribution is -0.128. The molecular formula is C14H24N2O2S2. The zero-order valence-electron chi connectivity index (χ0n) is 11.9. The molecule has 1 saturated carbocycles. The van der Waals surface area contributed by atoms with Gasteiger partial charge in [0.1, 0.15) is 0 Å². The van der Waals surface area contributed by atoms with Gasteiger partial charge in [0.05, 0.1) is 10.4 Å². The van der Waals surface area contributed by atoms with Gasteiger partial charge in [-0.3, -0.25) is 9.00 Å². The summed E-state index contributed by atoms with van der Waals surface area (Å²) in [6.45, 7) is 0. The largest absolute Gasteiger partial charge is 0.392 e. The summed E-state index contributed by atoms with van der Waals surface area (Å²) in [4.78, 5) is 13.1. The van der Waals surface area contributed by atoms with Crippen LogP contribution in [-0.2, 0) is 15.6 Å². The van der Waals surface area contributed by atoms with Gasteiger partial charge in [0.2, 0.25) is 5.91 Å². The molecule has 1 aliphatic carbocycles. The summed E-state index contributed by atoms with van der Waals surface area (Å²) < 4.78 is 11.4. The third-order valence-corrected chi connectivity index (χ3v) is 6.36. The molecule has 20 heavy (non-hydrogen) atoms. The van der Waals surface area contributed by atoms with E-state index in [0.717, 1.165) is 51.4 Å². The summed E-state index contributed by atoms with van der Waals surface area (Å²) in [7, 11) is -0.704. The highest BCUT2D eigenvalue weighted by Crippen LogP contribution is 2.36. The van der Waals surface area contributed by atoms with Crippen molar-refractivity contribution >= 4 is 33.9 Å². The van der Waals surface area contributed by atoms with Gasteiger partial charge in [0.25, 0.3) is 0 Å². The number of carbonyl (C=O) groups excluding carboxylic acids is 1. The summed E-state index contributed by atoms with van der Waals surface area (Å²) in [6, 6.07) is 0.134. The molecule has 2 rings (SSSR count). The lowest BCUT2D eigenvalue weighted by atomic mass is 9.79. The van der Waals surface area contributed by atoms with Crippen molar-refractivity contribution < 1.29 is 9.00 Å².